The maximum absolute atomic E-state index is 9.55. The molecule has 0 atom stereocenters. The number of unbranched alkanes of at least 4 members (excludes halogenated alkanes) is 1. The normalized spacial score (nSPS) is 11.0. The van der Waals surface area contributed by atoms with Crippen LogP contribution in [-0.2, 0) is 19.2 Å². The van der Waals surface area contributed by atoms with E-state index < -0.39 is 11.9 Å². The molecule has 1 aromatic rings. The number of nitrogens with two attached hydrogens (primary N) is 1. The lowest BCUT2D eigenvalue weighted by Crippen LogP contribution is -2.08. The van der Waals surface area contributed by atoms with Gasteiger partial charge in [0.25, 0.3) is 0 Å². The predicted octanol–water partition coefficient (Wildman–Crippen LogP) is 2.55. The SMILES string of the molecule is COCCCC/C(=N\OCCN)c1ccc(Cl)cc1.O=C(O)/C=C/C(=O)O. The average molecular weight is 401 g/mol. The minimum Gasteiger partial charge on any atom is -0.478 e. The second-order valence-corrected chi connectivity index (χ2v) is 5.56. The van der Waals surface area contributed by atoms with Crippen molar-refractivity contribution in [1.29, 1.82) is 0 Å². The Kier molecular flexibility index (Phi) is 14.4. The Morgan fingerprint density at radius 3 is 2.19 bits per heavy atom. The zero-order valence-corrected chi connectivity index (χ0v) is 15.9. The zero-order valence-electron chi connectivity index (χ0n) is 15.1. The molecule has 1 rings (SSSR count). The molecule has 4 N–H and O–H groups in total. The standard InChI is InChI=1S/C14H21ClN2O2.C4H4O4/c1-18-10-3-2-4-14(17-19-11-9-16)12-5-7-13(15)8-6-12;5-3(6)1-2-4(7)8/h5-8H,2-4,9-11,16H2,1H3;1-2H,(H,5,6)(H,7,8)/b17-14+;2-1+. The topological polar surface area (TPSA) is 131 Å². The Labute approximate surface area is 163 Å². The molecule has 0 fully saturated rings. The highest BCUT2D eigenvalue weighted by Gasteiger charge is 2.05. The van der Waals surface area contributed by atoms with Gasteiger partial charge < -0.3 is 25.5 Å². The smallest absolute Gasteiger partial charge is 0.328 e. The molecule has 150 valence electrons. The van der Waals surface area contributed by atoms with Gasteiger partial charge >= 0.3 is 11.9 Å². The molecule has 0 aliphatic rings. The second-order valence-electron chi connectivity index (χ2n) is 5.13. The Balaban J connectivity index is 0.000000713. The van der Waals surface area contributed by atoms with Crippen LogP contribution < -0.4 is 5.73 Å². The van der Waals surface area contributed by atoms with Crippen molar-refractivity contribution in [3.8, 4) is 0 Å². The van der Waals surface area contributed by atoms with Crippen LogP contribution in [0.15, 0.2) is 41.6 Å². The fourth-order valence-electron chi connectivity index (χ4n) is 1.74. The summed E-state index contributed by atoms with van der Waals surface area (Å²) in [6.07, 6.45) is 3.96. The molecule has 0 aromatic heterocycles. The molecule has 0 aliphatic carbocycles. The maximum Gasteiger partial charge on any atom is 0.328 e. The van der Waals surface area contributed by atoms with Gasteiger partial charge in [-0.05, 0) is 37.0 Å². The molecule has 0 spiro atoms. The molecule has 0 radical (unpaired) electrons. The number of carbonyl (C=O) groups is 2. The molecule has 0 heterocycles. The van der Waals surface area contributed by atoms with Gasteiger partial charge in [-0.2, -0.15) is 0 Å². The van der Waals surface area contributed by atoms with E-state index in [1.807, 2.05) is 24.3 Å². The monoisotopic (exact) mass is 400 g/mol. The third-order valence-corrected chi connectivity index (χ3v) is 3.19. The van der Waals surface area contributed by atoms with E-state index in [-0.39, 0.29) is 0 Å². The lowest BCUT2D eigenvalue weighted by Gasteiger charge is -2.07. The quantitative estimate of drug-likeness (QED) is 0.225. The van der Waals surface area contributed by atoms with Crippen LogP contribution in [0.5, 0.6) is 0 Å². The number of halogens is 1. The lowest BCUT2D eigenvalue weighted by molar-refractivity contribution is -0.134. The van der Waals surface area contributed by atoms with Crippen molar-refractivity contribution in [2.75, 3.05) is 26.9 Å². The number of oxime groups is 1. The molecular weight excluding hydrogens is 376 g/mol. The Bertz CT molecular complexity index is 601. The van der Waals surface area contributed by atoms with Gasteiger partial charge in [0.2, 0.25) is 0 Å². The highest BCUT2D eigenvalue weighted by molar-refractivity contribution is 6.30. The molecule has 9 heteroatoms. The molecule has 0 bridgehead atoms. The number of ether oxygens (including phenoxy) is 1. The van der Waals surface area contributed by atoms with Crippen molar-refractivity contribution in [2.45, 2.75) is 19.3 Å². The van der Waals surface area contributed by atoms with Crippen molar-refractivity contribution < 1.29 is 29.4 Å². The zero-order chi connectivity index (χ0) is 20.5. The van der Waals surface area contributed by atoms with E-state index in [0.717, 1.165) is 37.1 Å². The number of carboxylic acids is 2. The summed E-state index contributed by atoms with van der Waals surface area (Å²) in [5.41, 5.74) is 7.33. The van der Waals surface area contributed by atoms with Gasteiger partial charge in [0, 0.05) is 37.4 Å². The van der Waals surface area contributed by atoms with Gasteiger partial charge in [0.15, 0.2) is 0 Å². The number of methoxy groups -OCH3 is 1. The van der Waals surface area contributed by atoms with Crippen LogP contribution in [0.3, 0.4) is 0 Å². The number of rotatable bonds is 11. The van der Waals surface area contributed by atoms with Crippen LogP contribution in [0.1, 0.15) is 24.8 Å². The van der Waals surface area contributed by atoms with E-state index in [2.05, 4.69) is 5.16 Å². The number of benzene rings is 1. The van der Waals surface area contributed by atoms with Crippen molar-refractivity contribution in [3.63, 3.8) is 0 Å². The first-order valence-electron chi connectivity index (χ1n) is 8.18. The minimum atomic E-state index is -1.26. The average Bonchev–Trinajstić information content (AvgIpc) is 2.63. The fraction of sp³-hybridized carbons (Fsp3) is 0.389. The summed E-state index contributed by atoms with van der Waals surface area (Å²) in [5.74, 6) is -2.51. The fourth-order valence-corrected chi connectivity index (χ4v) is 1.87. The summed E-state index contributed by atoms with van der Waals surface area (Å²) in [6.45, 7) is 1.65. The molecule has 8 nitrogen and oxygen atoms in total. The predicted molar refractivity (Wildman–Crippen MR) is 103 cm³/mol. The number of hydrogen-bond donors (Lipinski definition) is 3. The van der Waals surface area contributed by atoms with Crippen molar-refractivity contribution >= 4 is 29.3 Å². The Morgan fingerprint density at radius 1 is 1.11 bits per heavy atom. The summed E-state index contributed by atoms with van der Waals surface area (Å²) in [4.78, 5) is 24.3. The van der Waals surface area contributed by atoms with E-state index >= 15 is 0 Å². The second kappa shape index (κ2) is 15.8. The van der Waals surface area contributed by atoms with Crippen LogP contribution >= 0.6 is 11.6 Å². The van der Waals surface area contributed by atoms with Crippen LogP contribution in [-0.4, -0.2) is 54.7 Å². The summed E-state index contributed by atoms with van der Waals surface area (Å²) >= 11 is 5.88. The molecule has 0 unspecified atom stereocenters. The summed E-state index contributed by atoms with van der Waals surface area (Å²) in [7, 11) is 1.71. The molecule has 1 aromatic carbocycles. The highest BCUT2D eigenvalue weighted by atomic mass is 35.5. The summed E-state index contributed by atoms with van der Waals surface area (Å²) in [6, 6.07) is 7.60. The van der Waals surface area contributed by atoms with Gasteiger partial charge in [-0.3, -0.25) is 0 Å². The van der Waals surface area contributed by atoms with Crippen molar-refractivity contribution in [1.82, 2.24) is 0 Å². The van der Waals surface area contributed by atoms with E-state index in [9.17, 15) is 9.59 Å². The number of nitrogens with zero attached hydrogens (tertiary/aromatic N) is 1. The number of aliphatic carboxylic acids is 2. The van der Waals surface area contributed by atoms with E-state index in [1.54, 1.807) is 7.11 Å². The number of carboxylic acid groups (broad SMARTS) is 2. The summed E-state index contributed by atoms with van der Waals surface area (Å²) in [5, 5.41) is 20.5. The molecular formula is C18H25ClN2O6. The first-order valence-corrected chi connectivity index (χ1v) is 8.56. The highest BCUT2D eigenvalue weighted by Crippen LogP contribution is 2.13. The lowest BCUT2D eigenvalue weighted by atomic mass is 10.1. The van der Waals surface area contributed by atoms with Crippen molar-refractivity contribution in [3.05, 3.63) is 47.0 Å². The third-order valence-electron chi connectivity index (χ3n) is 2.94. The Hall–Kier alpha value is -2.42. The molecule has 0 aliphatic heterocycles. The molecule has 0 amide bonds. The van der Waals surface area contributed by atoms with Gasteiger partial charge in [-0.15, -0.1) is 0 Å². The Morgan fingerprint density at radius 2 is 1.70 bits per heavy atom. The van der Waals surface area contributed by atoms with Crippen LogP contribution in [0, 0.1) is 0 Å². The number of hydrogen-bond acceptors (Lipinski definition) is 6. The molecule has 0 saturated carbocycles. The van der Waals surface area contributed by atoms with Gasteiger partial charge in [-0.25, -0.2) is 9.59 Å². The van der Waals surface area contributed by atoms with Gasteiger partial charge in [0.1, 0.15) is 6.61 Å². The van der Waals surface area contributed by atoms with Crippen LogP contribution in [0.4, 0.5) is 0 Å². The maximum atomic E-state index is 9.55. The van der Waals surface area contributed by atoms with E-state index in [0.29, 0.717) is 30.3 Å². The largest absolute Gasteiger partial charge is 0.478 e. The van der Waals surface area contributed by atoms with Crippen LogP contribution in [0.25, 0.3) is 0 Å². The van der Waals surface area contributed by atoms with Gasteiger partial charge in [0.05, 0.1) is 5.71 Å². The first kappa shape index (κ1) is 24.6. The van der Waals surface area contributed by atoms with E-state index in [4.69, 9.17) is 37.1 Å². The third kappa shape index (κ3) is 14.4. The molecule has 27 heavy (non-hydrogen) atoms. The van der Waals surface area contributed by atoms with E-state index in [1.165, 1.54) is 0 Å². The molecule has 0 saturated heterocycles. The minimum absolute atomic E-state index is 0.426. The first-order chi connectivity index (χ1) is 12.9. The van der Waals surface area contributed by atoms with Gasteiger partial charge in [-0.1, -0.05) is 28.9 Å². The van der Waals surface area contributed by atoms with Crippen molar-refractivity contribution in [2.24, 2.45) is 10.9 Å². The summed E-state index contributed by atoms with van der Waals surface area (Å²) < 4.78 is 5.04. The van der Waals surface area contributed by atoms with Crippen LogP contribution in [0.2, 0.25) is 5.02 Å².